The van der Waals surface area contributed by atoms with Crippen molar-refractivity contribution in [3.05, 3.63) is 187 Å². The van der Waals surface area contributed by atoms with E-state index in [2.05, 4.69) is 174 Å². The van der Waals surface area contributed by atoms with Crippen LogP contribution in [0.3, 0.4) is 0 Å². The van der Waals surface area contributed by atoms with Crippen LogP contribution < -0.4 is 14.5 Å². The van der Waals surface area contributed by atoms with Crippen molar-refractivity contribution in [2.45, 2.75) is 44.4 Å². The summed E-state index contributed by atoms with van der Waals surface area (Å²) >= 11 is 0. The van der Waals surface area contributed by atoms with Crippen molar-refractivity contribution in [3.8, 4) is 17.3 Å². The van der Waals surface area contributed by atoms with E-state index in [0.717, 1.165) is 56.8 Å². The largest absolute Gasteiger partial charge is 0.509 e. The van der Waals surface area contributed by atoms with Gasteiger partial charge in [0.05, 0.1) is 0 Å². The minimum atomic E-state index is -0.00554. The van der Waals surface area contributed by atoms with Crippen molar-refractivity contribution >= 4 is 44.6 Å². The number of hydrogen-bond donors (Lipinski definition) is 0. The Morgan fingerprint density at radius 2 is 1.32 bits per heavy atom. The van der Waals surface area contributed by atoms with Crippen LogP contribution in [0.1, 0.15) is 48.8 Å². The zero-order valence-corrected chi connectivity index (χ0v) is 35.1. The van der Waals surface area contributed by atoms with Gasteiger partial charge in [0.25, 0.3) is 0 Å². The Kier molecular flexibility index (Phi) is 8.82. The quantitative estimate of drug-likeness (QED) is 0.149. The summed E-state index contributed by atoms with van der Waals surface area (Å²) < 4.78 is 8.94. The molecule has 0 N–H and O–H groups in total. The molecule has 0 atom stereocenters. The van der Waals surface area contributed by atoms with Crippen molar-refractivity contribution in [2.24, 2.45) is 23.7 Å². The van der Waals surface area contributed by atoms with Crippen molar-refractivity contribution in [1.82, 2.24) is 9.55 Å². The van der Waals surface area contributed by atoms with E-state index < -0.39 is 0 Å². The maximum absolute atomic E-state index is 6.64. The summed E-state index contributed by atoms with van der Waals surface area (Å²) in [5.74, 6) is 5.24. The number of nitrogens with zero attached hydrogens (tertiary/aromatic N) is 4. The van der Waals surface area contributed by atoms with Crippen molar-refractivity contribution < 1.29 is 25.8 Å². The number of hydrogen-bond acceptors (Lipinski definition) is 4. The Balaban J connectivity index is 0.00000397. The second-order valence-electron chi connectivity index (χ2n) is 17.1. The smallest absolute Gasteiger partial charge is 0.135 e. The van der Waals surface area contributed by atoms with E-state index in [0.29, 0.717) is 23.3 Å². The molecule has 0 radical (unpaired) electrons. The molecule has 4 bridgehead atoms. The molecule has 0 amide bonds. The molecule has 0 saturated heterocycles. The molecule has 2 aromatic heterocycles. The standard InChI is InChI=1S/C53H43N4O.Pt/c1-35-18-20-42(21-19-35)55-34-56(50-17-8-7-16-49(50)55)43-12-9-13-44(32-43)58-45-22-23-47-46-14-5-6-15-48(46)57(51(47)33-45)52-31-39(24-25-54-52)53(38-10-3-2-4-11-38)40-27-36-26-37(29-40)30-41(53)28-36;/h2-25,31,34,36-37,40-41H,26-30H2,1H3;/q-3;. The molecule has 5 nitrogen and oxygen atoms in total. The predicted octanol–water partition coefficient (Wildman–Crippen LogP) is 13.0. The fraction of sp³-hybridized carbons (Fsp3) is 0.208. The number of ether oxygens (including phenoxy) is 1. The monoisotopic (exact) mass is 946 g/mol. The summed E-state index contributed by atoms with van der Waals surface area (Å²) in [5, 5.41) is 2.30. The zero-order valence-electron chi connectivity index (χ0n) is 32.9. The molecular weight excluding hydrogens is 904 g/mol. The van der Waals surface area contributed by atoms with Crippen LogP contribution in [-0.4, -0.2) is 9.55 Å². The molecule has 6 heteroatoms. The third kappa shape index (κ3) is 5.80. The minimum Gasteiger partial charge on any atom is -0.509 e. The van der Waals surface area contributed by atoms with Gasteiger partial charge in [-0.05, 0) is 122 Å². The van der Waals surface area contributed by atoms with Gasteiger partial charge in [-0.25, -0.2) is 4.98 Å². The van der Waals surface area contributed by atoms with E-state index in [4.69, 9.17) is 9.72 Å². The Morgan fingerprint density at radius 3 is 2.10 bits per heavy atom. The van der Waals surface area contributed by atoms with Gasteiger partial charge < -0.3 is 19.1 Å². The Hall–Kier alpha value is -5.64. The van der Waals surface area contributed by atoms with Gasteiger partial charge in [0.1, 0.15) is 5.82 Å². The average Bonchev–Trinajstić information content (AvgIpc) is 3.81. The zero-order chi connectivity index (χ0) is 38.4. The van der Waals surface area contributed by atoms with Crippen molar-refractivity contribution in [1.29, 1.82) is 0 Å². The summed E-state index contributed by atoms with van der Waals surface area (Å²) in [6.07, 6.45) is 8.80. The van der Waals surface area contributed by atoms with Gasteiger partial charge in [-0.2, -0.15) is 12.1 Å². The molecule has 4 fully saturated rings. The van der Waals surface area contributed by atoms with Gasteiger partial charge in [-0.3, -0.25) is 0 Å². The molecule has 59 heavy (non-hydrogen) atoms. The fourth-order valence-electron chi connectivity index (χ4n) is 11.7. The maximum atomic E-state index is 6.64. The summed E-state index contributed by atoms with van der Waals surface area (Å²) in [4.78, 5) is 9.53. The number of fused-ring (bicyclic) bond motifs is 4. The number of aromatic nitrogens is 2. The molecule has 3 heterocycles. The van der Waals surface area contributed by atoms with Gasteiger partial charge >= 0.3 is 0 Å². The van der Waals surface area contributed by atoms with E-state index in [1.807, 2.05) is 18.2 Å². The molecule has 8 aromatic rings. The maximum Gasteiger partial charge on any atom is 0.135 e. The molecule has 6 aromatic carbocycles. The SMILES string of the molecule is Cc1ccc(N2[CH-]N(c3[c-]c(Oc4[c-]c5c(cc4)c4ccccc4n5-c4cc(C5(c6ccccc6)C6CC7CC(C6)CC5C7)ccn4)ccc3)c3ccccc32)cc1.[Pt]. The van der Waals surface area contributed by atoms with Gasteiger partial charge in [-0.1, -0.05) is 83.9 Å². The summed E-state index contributed by atoms with van der Waals surface area (Å²) in [6.45, 7) is 4.25. The summed E-state index contributed by atoms with van der Waals surface area (Å²) in [6, 6.07) is 59.5. The van der Waals surface area contributed by atoms with Crippen molar-refractivity contribution in [2.75, 3.05) is 9.80 Å². The number of anilines is 4. The van der Waals surface area contributed by atoms with E-state index in [9.17, 15) is 0 Å². The second-order valence-corrected chi connectivity index (χ2v) is 17.1. The van der Waals surface area contributed by atoms with E-state index in [1.165, 1.54) is 54.2 Å². The molecule has 4 saturated carbocycles. The van der Waals surface area contributed by atoms with Gasteiger partial charge in [0.15, 0.2) is 0 Å². The first-order chi connectivity index (χ1) is 28.6. The molecule has 5 aliphatic rings. The number of para-hydroxylation sites is 3. The molecule has 4 aliphatic carbocycles. The van der Waals surface area contributed by atoms with Crippen LogP contribution in [0.25, 0.3) is 27.6 Å². The van der Waals surface area contributed by atoms with Crippen LogP contribution in [0.15, 0.2) is 152 Å². The second kappa shape index (κ2) is 14.3. The molecule has 294 valence electrons. The van der Waals surface area contributed by atoms with Crippen LogP contribution >= 0.6 is 0 Å². The third-order valence-electron chi connectivity index (χ3n) is 13.9. The number of aryl methyl sites for hydroxylation is 1. The van der Waals surface area contributed by atoms with Crippen LogP contribution in [0, 0.1) is 49.4 Å². The fourth-order valence-corrected chi connectivity index (χ4v) is 11.7. The van der Waals surface area contributed by atoms with Crippen LogP contribution in [0.5, 0.6) is 11.5 Å². The number of pyridine rings is 1. The summed E-state index contributed by atoms with van der Waals surface area (Å²) in [7, 11) is 0. The normalized spacial score (nSPS) is 22.8. The van der Waals surface area contributed by atoms with Crippen molar-refractivity contribution in [3.63, 3.8) is 0 Å². The number of benzene rings is 6. The summed E-state index contributed by atoms with van der Waals surface area (Å²) in [5.41, 5.74) is 10.4. The molecule has 0 unspecified atom stereocenters. The Morgan fingerprint density at radius 1 is 0.627 bits per heavy atom. The first-order valence-electron chi connectivity index (χ1n) is 20.9. The number of rotatable bonds is 7. The third-order valence-corrected chi connectivity index (χ3v) is 13.9. The topological polar surface area (TPSA) is 33.5 Å². The molecule has 0 spiro atoms. The molecular formula is C53H43N4OPt-3. The van der Waals surface area contributed by atoms with Gasteiger partial charge in [0.2, 0.25) is 0 Å². The Bertz CT molecular complexity index is 2820. The van der Waals surface area contributed by atoms with E-state index in [1.54, 1.807) is 0 Å². The van der Waals surface area contributed by atoms with Crippen LogP contribution in [-0.2, 0) is 26.5 Å². The van der Waals surface area contributed by atoms with Gasteiger partial charge in [-0.15, -0.1) is 48.1 Å². The van der Waals surface area contributed by atoms with Gasteiger partial charge in [0, 0.05) is 66.8 Å². The Labute approximate surface area is 360 Å². The first kappa shape index (κ1) is 36.4. The minimum absolute atomic E-state index is 0. The predicted molar refractivity (Wildman–Crippen MR) is 233 cm³/mol. The van der Waals surface area contributed by atoms with Crippen LogP contribution in [0.4, 0.5) is 22.7 Å². The molecule has 13 rings (SSSR count). The van der Waals surface area contributed by atoms with E-state index >= 15 is 0 Å². The first-order valence-corrected chi connectivity index (χ1v) is 20.9. The average molecular weight is 947 g/mol. The van der Waals surface area contributed by atoms with Crippen LogP contribution in [0.2, 0.25) is 0 Å². The van der Waals surface area contributed by atoms with E-state index in [-0.39, 0.29) is 26.5 Å². The molecule has 1 aliphatic heterocycles.